The lowest BCUT2D eigenvalue weighted by Gasteiger charge is -2.32. The van der Waals surface area contributed by atoms with Gasteiger partial charge in [-0.15, -0.1) is 0 Å². The van der Waals surface area contributed by atoms with Gasteiger partial charge >= 0.3 is 12.2 Å². The molecule has 36 heavy (non-hydrogen) atoms. The van der Waals surface area contributed by atoms with E-state index in [4.69, 9.17) is 0 Å². The van der Waals surface area contributed by atoms with E-state index in [9.17, 15) is 40.7 Å². The number of amides is 4. The van der Waals surface area contributed by atoms with Gasteiger partial charge in [0.1, 0.15) is 35.9 Å². The highest BCUT2D eigenvalue weighted by Crippen LogP contribution is 2.49. The Labute approximate surface area is 209 Å². The molecule has 0 saturated carbocycles. The van der Waals surface area contributed by atoms with Crippen molar-refractivity contribution in [3.63, 3.8) is 0 Å². The van der Waals surface area contributed by atoms with E-state index in [1.54, 1.807) is 0 Å². The molecule has 6 nitrogen and oxygen atoms in total. The molecule has 13 heteroatoms. The quantitative estimate of drug-likeness (QED) is 0.407. The Bertz CT molecular complexity index is 1240. The van der Waals surface area contributed by atoms with Gasteiger partial charge in [-0.05, 0) is 63.8 Å². The van der Waals surface area contributed by atoms with Crippen molar-refractivity contribution in [3.8, 4) is 0 Å². The standard InChI is InChI=1S/C23H18BrF6N3O3/c1-11(23(28,29)30)32(9-12-2-4-13(25)5-3-12)19(34)10-33-20(35)22(31-21(33)36)8-18(27)14-6-16(24)17(26)7-15(14)22/h2-7,11,18H,8-10H2,1H3,(H,31,36)/t11-,18-,22?/m0/s1. The van der Waals surface area contributed by atoms with E-state index in [2.05, 4.69) is 21.2 Å². The number of hydrogen-bond donors (Lipinski definition) is 1. The summed E-state index contributed by atoms with van der Waals surface area (Å²) in [5.74, 6) is -3.74. The van der Waals surface area contributed by atoms with Crippen molar-refractivity contribution in [2.24, 2.45) is 0 Å². The summed E-state index contributed by atoms with van der Waals surface area (Å²) in [6.45, 7) is -0.918. The number of halogens is 7. The molecule has 2 aromatic carbocycles. The number of urea groups is 1. The van der Waals surface area contributed by atoms with E-state index >= 15 is 0 Å². The number of benzene rings is 2. The Kier molecular flexibility index (Phi) is 6.56. The molecule has 2 aliphatic rings. The van der Waals surface area contributed by atoms with E-state index in [1.165, 1.54) is 12.1 Å². The van der Waals surface area contributed by atoms with Gasteiger partial charge in [-0.1, -0.05) is 12.1 Å². The fourth-order valence-corrected chi connectivity index (χ4v) is 4.76. The van der Waals surface area contributed by atoms with Crippen molar-refractivity contribution in [1.29, 1.82) is 0 Å². The maximum atomic E-state index is 14.8. The van der Waals surface area contributed by atoms with Gasteiger partial charge in [0.25, 0.3) is 5.91 Å². The third-order valence-electron chi connectivity index (χ3n) is 6.37. The minimum atomic E-state index is -4.84. The minimum absolute atomic E-state index is 0.0336. The van der Waals surface area contributed by atoms with Crippen molar-refractivity contribution in [2.45, 2.75) is 43.8 Å². The highest BCUT2D eigenvalue weighted by molar-refractivity contribution is 9.10. The molecule has 0 bridgehead atoms. The second kappa shape index (κ2) is 9.09. The number of nitrogens with zero attached hydrogens (tertiary/aromatic N) is 2. The van der Waals surface area contributed by atoms with Gasteiger partial charge in [0.2, 0.25) is 5.91 Å². The van der Waals surface area contributed by atoms with Crippen LogP contribution in [0.15, 0.2) is 40.9 Å². The Balaban J connectivity index is 1.62. The summed E-state index contributed by atoms with van der Waals surface area (Å²) in [4.78, 5) is 39.7. The van der Waals surface area contributed by atoms with Gasteiger partial charge in [0, 0.05) is 13.0 Å². The molecule has 192 valence electrons. The van der Waals surface area contributed by atoms with Crippen LogP contribution in [-0.2, 0) is 21.7 Å². The number of imide groups is 1. The lowest BCUT2D eigenvalue weighted by molar-refractivity contribution is -0.187. The molecule has 1 aliphatic heterocycles. The first-order valence-electron chi connectivity index (χ1n) is 10.6. The topological polar surface area (TPSA) is 69.7 Å². The van der Waals surface area contributed by atoms with E-state index < -0.39 is 72.9 Å². The van der Waals surface area contributed by atoms with Crippen molar-refractivity contribution >= 4 is 33.8 Å². The maximum Gasteiger partial charge on any atom is 0.408 e. The first-order chi connectivity index (χ1) is 16.7. The highest BCUT2D eigenvalue weighted by Gasteiger charge is 2.59. The van der Waals surface area contributed by atoms with Gasteiger partial charge < -0.3 is 10.2 Å². The predicted octanol–water partition coefficient (Wildman–Crippen LogP) is 4.87. The van der Waals surface area contributed by atoms with Crippen molar-refractivity contribution < 1.29 is 40.7 Å². The molecule has 1 unspecified atom stereocenters. The molecule has 1 saturated heterocycles. The van der Waals surface area contributed by atoms with Gasteiger partial charge in [-0.2, -0.15) is 13.2 Å². The summed E-state index contributed by atoms with van der Waals surface area (Å²) < 4.78 is 82.7. The molecular weight excluding hydrogens is 560 g/mol. The van der Waals surface area contributed by atoms with Gasteiger partial charge in [-0.3, -0.25) is 14.5 Å². The largest absolute Gasteiger partial charge is 0.408 e. The Morgan fingerprint density at radius 1 is 1.22 bits per heavy atom. The van der Waals surface area contributed by atoms with Crippen molar-refractivity contribution in [1.82, 2.24) is 15.1 Å². The Morgan fingerprint density at radius 2 is 1.86 bits per heavy atom. The average Bonchev–Trinajstić information content (AvgIpc) is 3.19. The van der Waals surface area contributed by atoms with Crippen LogP contribution in [0.1, 0.15) is 36.2 Å². The number of nitrogens with one attached hydrogen (secondary N) is 1. The molecule has 1 heterocycles. The van der Waals surface area contributed by atoms with Crippen LogP contribution in [0.3, 0.4) is 0 Å². The number of carbonyl (C=O) groups excluding carboxylic acids is 3. The Hall–Kier alpha value is -3.09. The van der Waals surface area contributed by atoms with Gasteiger partial charge in [0.05, 0.1) is 4.47 Å². The summed E-state index contributed by atoms with van der Waals surface area (Å²) in [7, 11) is 0. The van der Waals surface area contributed by atoms with Crippen LogP contribution < -0.4 is 5.32 Å². The molecule has 0 radical (unpaired) electrons. The van der Waals surface area contributed by atoms with Crippen LogP contribution in [0.5, 0.6) is 0 Å². The number of hydrogen-bond acceptors (Lipinski definition) is 3. The van der Waals surface area contributed by atoms with Crippen molar-refractivity contribution in [3.05, 3.63) is 69.2 Å². The SMILES string of the molecule is C[C@H](N(Cc1ccc(F)cc1)C(=O)CN1C(=O)NC2(C[C@H](F)c3cc(Br)c(F)cc32)C1=O)C(F)(F)F. The van der Waals surface area contributed by atoms with E-state index in [0.717, 1.165) is 31.2 Å². The third-order valence-corrected chi connectivity index (χ3v) is 6.98. The van der Waals surface area contributed by atoms with Crippen LogP contribution in [0.4, 0.5) is 31.1 Å². The molecular formula is C23H18BrF6N3O3. The minimum Gasteiger partial charge on any atom is -0.325 e. The molecule has 3 atom stereocenters. The maximum absolute atomic E-state index is 14.8. The van der Waals surface area contributed by atoms with Gasteiger partial charge in [-0.25, -0.2) is 18.0 Å². The zero-order valence-corrected chi connectivity index (χ0v) is 20.1. The predicted molar refractivity (Wildman–Crippen MR) is 117 cm³/mol. The van der Waals surface area contributed by atoms with Crippen LogP contribution >= 0.6 is 15.9 Å². The lowest BCUT2D eigenvalue weighted by atomic mass is 9.91. The fraction of sp³-hybridized carbons (Fsp3) is 0.348. The summed E-state index contributed by atoms with van der Waals surface area (Å²) in [6.07, 6.45) is -7.14. The summed E-state index contributed by atoms with van der Waals surface area (Å²) >= 11 is 2.93. The van der Waals surface area contributed by atoms with Crippen LogP contribution in [-0.4, -0.2) is 46.4 Å². The van der Waals surface area contributed by atoms with E-state index in [0.29, 0.717) is 9.80 Å². The lowest BCUT2D eigenvalue weighted by Crippen LogP contribution is -2.51. The number of rotatable bonds is 5. The van der Waals surface area contributed by atoms with E-state index in [-0.39, 0.29) is 21.2 Å². The monoisotopic (exact) mass is 577 g/mol. The number of alkyl halides is 4. The molecule has 1 fully saturated rings. The molecule has 1 spiro atoms. The molecule has 1 aliphatic carbocycles. The number of carbonyl (C=O) groups is 3. The van der Waals surface area contributed by atoms with Crippen LogP contribution in [0, 0.1) is 11.6 Å². The Morgan fingerprint density at radius 3 is 2.47 bits per heavy atom. The summed E-state index contributed by atoms with van der Waals surface area (Å²) in [5, 5.41) is 2.30. The smallest absolute Gasteiger partial charge is 0.325 e. The second-order valence-electron chi connectivity index (χ2n) is 8.62. The van der Waals surface area contributed by atoms with Crippen LogP contribution in [0.25, 0.3) is 0 Å². The zero-order valence-electron chi connectivity index (χ0n) is 18.5. The van der Waals surface area contributed by atoms with Crippen molar-refractivity contribution in [2.75, 3.05) is 6.54 Å². The first kappa shape index (κ1) is 26.0. The molecule has 4 rings (SSSR count). The van der Waals surface area contributed by atoms with Crippen LogP contribution in [0.2, 0.25) is 0 Å². The summed E-state index contributed by atoms with van der Waals surface area (Å²) in [5.41, 5.74) is -1.98. The average molecular weight is 578 g/mol. The fourth-order valence-electron chi connectivity index (χ4n) is 4.40. The summed E-state index contributed by atoms with van der Waals surface area (Å²) in [6, 6.07) is 3.04. The molecule has 2 aromatic rings. The number of fused-ring (bicyclic) bond motifs is 2. The second-order valence-corrected chi connectivity index (χ2v) is 9.47. The molecule has 1 N–H and O–H groups in total. The third kappa shape index (κ3) is 4.44. The highest BCUT2D eigenvalue weighted by atomic mass is 79.9. The van der Waals surface area contributed by atoms with Gasteiger partial charge in [0.15, 0.2) is 0 Å². The van der Waals surface area contributed by atoms with E-state index in [1.807, 2.05) is 0 Å². The zero-order chi connectivity index (χ0) is 26.6. The molecule has 0 aromatic heterocycles. The molecule has 4 amide bonds. The first-order valence-corrected chi connectivity index (χ1v) is 11.4. The normalized spacial score (nSPS) is 22.1.